The lowest BCUT2D eigenvalue weighted by atomic mass is 9.50. The van der Waals surface area contributed by atoms with Gasteiger partial charge in [0.2, 0.25) is 0 Å². The van der Waals surface area contributed by atoms with Crippen LogP contribution in [0.25, 0.3) is 0 Å². The summed E-state index contributed by atoms with van der Waals surface area (Å²) in [4.78, 5) is 39.8. The number of hydrogen-bond acceptors (Lipinski definition) is 4. The van der Waals surface area contributed by atoms with Gasteiger partial charge in [0.15, 0.2) is 5.78 Å². The molecule has 0 aromatic carbocycles. The van der Waals surface area contributed by atoms with Crippen LogP contribution in [0.1, 0.15) is 74.7 Å². The molecule has 4 heteroatoms. The minimum absolute atomic E-state index is 0.0254. The van der Waals surface area contributed by atoms with E-state index in [1.807, 2.05) is 61.5 Å². The summed E-state index contributed by atoms with van der Waals surface area (Å²) in [6.07, 6.45) is 5.48. The van der Waals surface area contributed by atoms with E-state index in [4.69, 9.17) is 4.74 Å². The third kappa shape index (κ3) is 4.82. The highest BCUT2D eigenvalue weighted by atomic mass is 16.5. The highest BCUT2D eigenvalue weighted by Gasteiger charge is 2.61. The van der Waals surface area contributed by atoms with Crippen LogP contribution in [0.3, 0.4) is 0 Å². The van der Waals surface area contributed by atoms with Crippen LogP contribution in [0.15, 0.2) is 23.3 Å². The lowest BCUT2D eigenvalue weighted by molar-refractivity contribution is -0.171. The van der Waals surface area contributed by atoms with Gasteiger partial charge in [-0.25, -0.2) is 0 Å². The number of carbonyl (C=O) groups excluding carboxylic acids is 3. The molecule has 1 rings (SSSR count). The molecule has 28 heavy (non-hydrogen) atoms. The van der Waals surface area contributed by atoms with Crippen molar-refractivity contribution in [2.45, 2.75) is 74.7 Å². The second-order valence-electron chi connectivity index (χ2n) is 9.65. The van der Waals surface area contributed by atoms with Gasteiger partial charge in [-0.2, -0.15) is 0 Å². The Morgan fingerprint density at radius 2 is 1.64 bits per heavy atom. The number of ether oxygens (including phenoxy) is 1. The van der Waals surface area contributed by atoms with E-state index >= 15 is 0 Å². The van der Waals surface area contributed by atoms with Crippen molar-refractivity contribution < 1.29 is 19.1 Å². The second-order valence-corrected chi connectivity index (χ2v) is 9.65. The summed E-state index contributed by atoms with van der Waals surface area (Å²) in [5.41, 5.74) is 0.407. The molecule has 0 aromatic rings. The molecule has 0 spiro atoms. The summed E-state index contributed by atoms with van der Waals surface area (Å²) >= 11 is 0. The highest BCUT2D eigenvalue weighted by Crippen LogP contribution is 2.54. The van der Waals surface area contributed by atoms with Crippen molar-refractivity contribution in [3.05, 3.63) is 23.3 Å². The van der Waals surface area contributed by atoms with E-state index in [1.165, 1.54) is 12.7 Å². The number of methoxy groups -OCH3 is 1. The maximum Gasteiger partial charge on any atom is 0.319 e. The monoisotopic (exact) mass is 390 g/mol. The third-order valence-electron chi connectivity index (χ3n) is 6.22. The molecule has 0 saturated heterocycles. The Hall–Kier alpha value is -1.71. The number of hydrogen-bond donors (Lipinski definition) is 0. The van der Waals surface area contributed by atoms with Crippen LogP contribution in [-0.2, 0) is 19.1 Å². The summed E-state index contributed by atoms with van der Waals surface area (Å²) in [5, 5.41) is 0. The van der Waals surface area contributed by atoms with Crippen LogP contribution in [0.2, 0.25) is 0 Å². The normalized spacial score (nSPS) is 26.6. The topological polar surface area (TPSA) is 60.4 Å². The van der Waals surface area contributed by atoms with E-state index in [2.05, 4.69) is 6.08 Å². The van der Waals surface area contributed by atoms with Crippen LogP contribution in [0, 0.1) is 28.6 Å². The molecule has 0 N–H and O–H groups in total. The van der Waals surface area contributed by atoms with Gasteiger partial charge in [0.1, 0.15) is 11.2 Å². The molecule has 1 fully saturated rings. The molecule has 0 bridgehead atoms. The first-order valence-corrected chi connectivity index (χ1v) is 10.2. The zero-order valence-corrected chi connectivity index (χ0v) is 19.1. The van der Waals surface area contributed by atoms with E-state index in [1.54, 1.807) is 0 Å². The van der Waals surface area contributed by atoms with Gasteiger partial charge in [-0.3, -0.25) is 14.4 Å². The fourth-order valence-corrected chi connectivity index (χ4v) is 4.25. The van der Waals surface area contributed by atoms with Gasteiger partial charge in [-0.05, 0) is 58.3 Å². The Kier molecular flexibility index (Phi) is 7.99. The Bertz CT molecular complexity index is 673. The molecule has 1 saturated carbocycles. The maximum atomic E-state index is 13.7. The van der Waals surface area contributed by atoms with Crippen molar-refractivity contribution in [3.8, 4) is 0 Å². The Morgan fingerprint density at radius 1 is 1.11 bits per heavy atom. The van der Waals surface area contributed by atoms with Crippen LogP contribution >= 0.6 is 0 Å². The predicted octanol–water partition coefficient (Wildman–Crippen LogP) is 5.31. The molecule has 0 unspecified atom stereocenters. The van der Waals surface area contributed by atoms with E-state index in [9.17, 15) is 14.4 Å². The molecule has 1 aliphatic rings. The first kappa shape index (κ1) is 24.3. The largest absolute Gasteiger partial charge is 0.468 e. The van der Waals surface area contributed by atoms with Crippen molar-refractivity contribution in [2.75, 3.05) is 7.11 Å². The average molecular weight is 391 g/mol. The molecule has 4 nitrogen and oxygen atoms in total. The molecule has 0 aliphatic heterocycles. The van der Waals surface area contributed by atoms with Crippen molar-refractivity contribution in [1.82, 2.24) is 0 Å². The third-order valence-corrected chi connectivity index (χ3v) is 6.22. The van der Waals surface area contributed by atoms with Gasteiger partial charge in [0.05, 0.1) is 13.0 Å². The standard InChI is InChI=1S/C24H38O4/c1-15(2)10-11-18-14-24(22(27)28-9,13-12-16(3)4)21(26)19(23(18,7)8)20(25)17(5)6/h10,12,17-19H,11,13-14H2,1-9H3/t18-,19+,24-/m0/s1. The van der Waals surface area contributed by atoms with E-state index < -0.39 is 22.7 Å². The number of rotatable bonds is 7. The van der Waals surface area contributed by atoms with Gasteiger partial charge >= 0.3 is 5.97 Å². The van der Waals surface area contributed by atoms with Gasteiger partial charge in [-0.1, -0.05) is 51.0 Å². The number of ketones is 2. The average Bonchev–Trinajstić information content (AvgIpc) is 2.58. The molecule has 1 aliphatic carbocycles. The Balaban J connectivity index is 3.64. The van der Waals surface area contributed by atoms with Gasteiger partial charge in [0.25, 0.3) is 0 Å². The minimum atomic E-state index is -1.29. The lowest BCUT2D eigenvalue weighted by Crippen LogP contribution is -2.58. The summed E-state index contributed by atoms with van der Waals surface area (Å²) in [6.45, 7) is 15.6. The van der Waals surface area contributed by atoms with Crippen molar-refractivity contribution in [2.24, 2.45) is 28.6 Å². The Morgan fingerprint density at radius 3 is 2.07 bits per heavy atom. The molecule has 0 heterocycles. The molecule has 0 amide bonds. The first-order chi connectivity index (χ1) is 12.8. The molecular formula is C24H38O4. The summed E-state index contributed by atoms with van der Waals surface area (Å²) < 4.78 is 5.11. The van der Waals surface area contributed by atoms with Crippen molar-refractivity contribution in [3.63, 3.8) is 0 Å². The smallest absolute Gasteiger partial charge is 0.319 e. The van der Waals surface area contributed by atoms with Crippen molar-refractivity contribution in [1.29, 1.82) is 0 Å². The van der Waals surface area contributed by atoms with E-state index in [-0.39, 0.29) is 29.8 Å². The highest BCUT2D eigenvalue weighted by molar-refractivity contribution is 6.14. The van der Waals surface area contributed by atoms with Crippen LogP contribution in [0.4, 0.5) is 0 Å². The van der Waals surface area contributed by atoms with Gasteiger partial charge in [0, 0.05) is 5.92 Å². The zero-order chi connectivity index (χ0) is 21.9. The lowest BCUT2D eigenvalue weighted by Gasteiger charge is -2.50. The molecule has 0 radical (unpaired) electrons. The Labute approximate surface area is 170 Å². The zero-order valence-electron chi connectivity index (χ0n) is 19.1. The van der Waals surface area contributed by atoms with E-state index in [0.29, 0.717) is 6.42 Å². The van der Waals surface area contributed by atoms with Gasteiger partial charge in [-0.15, -0.1) is 0 Å². The predicted molar refractivity (Wildman–Crippen MR) is 113 cm³/mol. The summed E-state index contributed by atoms with van der Waals surface area (Å²) in [7, 11) is 1.32. The summed E-state index contributed by atoms with van der Waals surface area (Å²) in [5.74, 6) is -1.92. The molecule has 3 atom stereocenters. The van der Waals surface area contributed by atoms with E-state index in [0.717, 1.165) is 12.0 Å². The number of carbonyl (C=O) groups is 3. The fraction of sp³-hybridized carbons (Fsp3) is 0.708. The van der Waals surface area contributed by atoms with Gasteiger partial charge < -0.3 is 4.74 Å². The number of allylic oxidation sites excluding steroid dienone is 4. The molecule has 0 aromatic heterocycles. The SMILES string of the molecule is COC(=O)[C@@]1(CC=C(C)C)C[C@H](CC=C(C)C)C(C)(C)[C@H](C(=O)C(C)C)C1=O. The fourth-order valence-electron chi connectivity index (χ4n) is 4.25. The second kappa shape index (κ2) is 9.19. The van der Waals surface area contributed by atoms with Crippen molar-refractivity contribution >= 4 is 17.5 Å². The molecule has 158 valence electrons. The number of Topliss-reactive ketones (excluding diaryl/α,β-unsaturated/α-hetero) is 2. The van der Waals surface area contributed by atoms with Crippen LogP contribution in [0.5, 0.6) is 0 Å². The quantitative estimate of drug-likeness (QED) is 0.335. The number of esters is 1. The minimum Gasteiger partial charge on any atom is -0.468 e. The maximum absolute atomic E-state index is 13.7. The molecular weight excluding hydrogens is 352 g/mol. The summed E-state index contributed by atoms with van der Waals surface area (Å²) in [6, 6.07) is 0. The first-order valence-electron chi connectivity index (χ1n) is 10.2. The van der Waals surface area contributed by atoms with Crippen LogP contribution in [-0.4, -0.2) is 24.6 Å². The van der Waals surface area contributed by atoms with Crippen LogP contribution < -0.4 is 0 Å².